The van der Waals surface area contributed by atoms with E-state index in [9.17, 15) is 22.4 Å². The Kier molecular flexibility index (Phi) is 4.50. The van der Waals surface area contributed by atoms with E-state index in [0.717, 1.165) is 5.56 Å². The van der Waals surface area contributed by atoms with Crippen LogP contribution in [0.4, 0.5) is 17.6 Å². The molecule has 0 saturated heterocycles. The summed E-state index contributed by atoms with van der Waals surface area (Å²) in [7, 11) is 0. The van der Waals surface area contributed by atoms with Crippen LogP contribution in [0.2, 0.25) is 0 Å². The lowest BCUT2D eigenvalue weighted by Gasteiger charge is -2.18. The van der Waals surface area contributed by atoms with Gasteiger partial charge < -0.3 is 5.32 Å². The van der Waals surface area contributed by atoms with Gasteiger partial charge in [-0.3, -0.25) is 4.79 Å². The summed E-state index contributed by atoms with van der Waals surface area (Å²) >= 11 is 1.43. The summed E-state index contributed by atoms with van der Waals surface area (Å²) in [5, 5.41) is 5.48. The number of amides is 1. The van der Waals surface area contributed by atoms with Crippen molar-refractivity contribution in [1.29, 1.82) is 0 Å². The minimum atomic E-state index is -4.64. The number of hydrogen-bond donors (Lipinski definition) is 1. The summed E-state index contributed by atoms with van der Waals surface area (Å²) in [5.41, 5.74) is 0.864. The summed E-state index contributed by atoms with van der Waals surface area (Å²) < 4.78 is 49.0. The van der Waals surface area contributed by atoms with E-state index < -0.39 is 24.3 Å². The molecule has 7 heteroatoms. The van der Waals surface area contributed by atoms with Crippen LogP contribution in [0, 0.1) is 0 Å². The SMILES string of the molecule is CC(Cc1ccsc1)NC(=O)C(F)(F)C(F)F. The summed E-state index contributed by atoms with van der Waals surface area (Å²) in [5.74, 6) is -6.57. The molecule has 1 N–H and O–H groups in total. The minimum Gasteiger partial charge on any atom is -0.348 e. The largest absolute Gasteiger partial charge is 0.383 e. The Morgan fingerprint density at radius 1 is 1.53 bits per heavy atom. The smallest absolute Gasteiger partial charge is 0.348 e. The first kappa shape index (κ1) is 14.0. The van der Waals surface area contributed by atoms with E-state index >= 15 is 0 Å². The summed E-state index contributed by atoms with van der Waals surface area (Å²) in [6.07, 6.45) is -3.66. The number of hydrogen-bond acceptors (Lipinski definition) is 2. The van der Waals surface area contributed by atoms with Gasteiger partial charge >= 0.3 is 12.3 Å². The third-order valence-corrected chi connectivity index (χ3v) is 2.81. The van der Waals surface area contributed by atoms with E-state index in [1.807, 2.05) is 5.32 Å². The van der Waals surface area contributed by atoms with Gasteiger partial charge in [-0.25, -0.2) is 8.78 Å². The lowest BCUT2D eigenvalue weighted by molar-refractivity contribution is -0.170. The maximum Gasteiger partial charge on any atom is 0.383 e. The minimum absolute atomic E-state index is 0.328. The standard InChI is InChI=1S/C10H11F4NOS/c1-6(4-7-2-3-17-5-7)15-9(16)10(13,14)8(11)12/h2-3,5-6,8H,4H2,1H3,(H,15,16). The fourth-order valence-electron chi connectivity index (χ4n) is 1.23. The number of nitrogens with one attached hydrogen (secondary N) is 1. The molecule has 1 unspecified atom stereocenters. The fraction of sp³-hybridized carbons (Fsp3) is 0.500. The number of halogens is 4. The van der Waals surface area contributed by atoms with Crippen LogP contribution in [0.25, 0.3) is 0 Å². The molecule has 0 saturated carbocycles. The Morgan fingerprint density at radius 2 is 2.18 bits per heavy atom. The third kappa shape index (κ3) is 3.69. The Hall–Kier alpha value is -1.11. The van der Waals surface area contributed by atoms with E-state index in [4.69, 9.17) is 0 Å². The molecule has 0 aliphatic rings. The van der Waals surface area contributed by atoms with E-state index in [2.05, 4.69) is 0 Å². The van der Waals surface area contributed by atoms with Gasteiger partial charge in [0, 0.05) is 6.04 Å². The average molecular weight is 269 g/mol. The van der Waals surface area contributed by atoms with Gasteiger partial charge in [0.1, 0.15) is 0 Å². The van der Waals surface area contributed by atoms with Gasteiger partial charge in [0.2, 0.25) is 0 Å². The Morgan fingerprint density at radius 3 is 2.65 bits per heavy atom. The van der Waals surface area contributed by atoms with Crippen molar-refractivity contribution in [2.24, 2.45) is 0 Å². The highest BCUT2D eigenvalue weighted by molar-refractivity contribution is 7.07. The molecular formula is C10H11F4NOS. The van der Waals surface area contributed by atoms with Crippen LogP contribution < -0.4 is 5.32 Å². The third-order valence-electron chi connectivity index (χ3n) is 2.08. The van der Waals surface area contributed by atoms with Crippen molar-refractivity contribution in [2.45, 2.75) is 31.7 Å². The molecule has 1 heterocycles. The van der Waals surface area contributed by atoms with Crippen LogP contribution in [0.1, 0.15) is 12.5 Å². The molecule has 0 bridgehead atoms. The zero-order valence-electron chi connectivity index (χ0n) is 8.92. The predicted octanol–water partition coefficient (Wildman–Crippen LogP) is 2.70. The molecule has 0 aliphatic heterocycles. The summed E-state index contributed by atoms with van der Waals surface area (Å²) in [6, 6.07) is 1.15. The zero-order valence-corrected chi connectivity index (χ0v) is 9.74. The number of rotatable bonds is 5. The van der Waals surface area contributed by atoms with Gasteiger partial charge in [-0.05, 0) is 35.7 Å². The lowest BCUT2D eigenvalue weighted by atomic mass is 10.1. The van der Waals surface area contributed by atoms with Gasteiger partial charge in [-0.1, -0.05) is 0 Å². The first-order chi connectivity index (χ1) is 7.84. The number of carbonyl (C=O) groups excluding carboxylic acids is 1. The number of alkyl halides is 4. The van der Waals surface area contributed by atoms with Gasteiger partial charge in [-0.15, -0.1) is 0 Å². The molecular weight excluding hydrogens is 258 g/mol. The monoisotopic (exact) mass is 269 g/mol. The molecule has 0 aliphatic carbocycles. The van der Waals surface area contributed by atoms with Gasteiger partial charge in [0.15, 0.2) is 0 Å². The molecule has 1 aromatic rings. The molecule has 1 atom stereocenters. The van der Waals surface area contributed by atoms with Gasteiger partial charge in [-0.2, -0.15) is 20.1 Å². The Bertz CT molecular complexity index is 366. The van der Waals surface area contributed by atoms with Crippen molar-refractivity contribution >= 4 is 17.2 Å². The summed E-state index contributed by atoms with van der Waals surface area (Å²) in [4.78, 5) is 10.9. The normalized spacial score (nSPS) is 13.8. The van der Waals surface area contributed by atoms with Crippen molar-refractivity contribution in [2.75, 3.05) is 0 Å². The summed E-state index contributed by atoms with van der Waals surface area (Å²) in [6.45, 7) is 1.48. The van der Waals surface area contributed by atoms with Crippen molar-refractivity contribution in [3.05, 3.63) is 22.4 Å². The quantitative estimate of drug-likeness (QED) is 0.818. The molecule has 0 fully saturated rings. The highest BCUT2D eigenvalue weighted by Gasteiger charge is 2.49. The van der Waals surface area contributed by atoms with Gasteiger partial charge in [0.25, 0.3) is 5.91 Å². The highest BCUT2D eigenvalue weighted by Crippen LogP contribution is 2.23. The Labute approximate surface area is 99.6 Å². The second kappa shape index (κ2) is 5.48. The lowest BCUT2D eigenvalue weighted by Crippen LogP contribution is -2.48. The maximum absolute atomic E-state index is 12.6. The van der Waals surface area contributed by atoms with E-state index in [0.29, 0.717) is 6.42 Å². The second-order valence-electron chi connectivity index (χ2n) is 3.63. The van der Waals surface area contributed by atoms with E-state index in [1.165, 1.54) is 18.3 Å². The van der Waals surface area contributed by atoms with Crippen LogP contribution in [-0.2, 0) is 11.2 Å². The van der Waals surface area contributed by atoms with Crippen LogP contribution in [0.15, 0.2) is 16.8 Å². The van der Waals surface area contributed by atoms with Crippen molar-refractivity contribution < 1.29 is 22.4 Å². The molecule has 17 heavy (non-hydrogen) atoms. The Balaban J connectivity index is 2.51. The predicted molar refractivity (Wildman–Crippen MR) is 56.6 cm³/mol. The van der Waals surface area contributed by atoms with Crippen molar-refractivity contribution in [3.63, 3.8) is 0 Å². The molecule has 0 radical (unpaired) electrons. The number of carbonyl (C=O) groups is 1. The molecule has 0 spiro atoms. The maximum atomic E-state index is 12.6. The molecule has 1 aromatic heterocycles. The van der Waals surface area contributed by atoms with Crippen LogP contribution >= 0.6 is 11.3 Å². The van der Waals surface area contributed by atoms with Crippen molar-refractivity contribution in [3.8, 4) is 0 Å². The van der Waals surface area contributed by atoms with Crippen LogP contribution in [0.3, 0.4) is 0 Å². The van der Waals surface area contributed by atoms with Crippen LogP contribution in [-0.4, -0.2) is 24.3 Å². The van der Waals surface area contributed by atoms with E-state index in [1.54, 1.807) is 16.8 Å². The fourth-order valence-corrected chi connectivity index (χ4v) is 1.91. The molecule has 2 nitrogen and oxygen atoms in total. The molecule has 1 amide bonds. The molecule has 96 valence electrons. The number of thiophene rings is 1. The highest BCUT2D eigenvalue weighted by atomic mass is 32.1. The molecule has 0 aromatic carbocycles. The first-order valence-electron chi connectivity index (χ1n) is 4.82. The van der Waals surface area contributed by atoms with Gasteiger partial charge in [0.05, 0.1) is 0 Å². The van der Waals surface area contributed by atoms with Crippen LogP contribution in [0.5, 0.6) is 0 Å². The topological polar surface area (TPSA) is 29.1 Å². The second-order valence-corrected chi connectivity index (χ2v) is 4.41. The van der Waals surface area contributed by atoms with E-state index in [-0.39, 0.29) is 0 Å². The van der Waals surface area contributed by atoms with Crippen molar-refractivity contribution in [1.82, 2.24) is 5.32 Å². The molecule has 1 rings (SSSR count). The average Bonchev–Trinajstić information content (AvgIpc) is 2.69. The first-order valence-corrected chi connectivity index (χ1v) is 5.76. The zero-order chi connectivity index (χ0) is 13.1.